The molecule has 1 aliphatic rings. The van der Waals surface area contributed by atoms with Crippen molar-refractivity contribution in [1.29, 1.82) is 0 Å². The van der Waals surface area contributed by atoms with Crippen LogP contribution in [0.15, 0.2) is 53.7 Å². The molecule has 23 heavy (non-hydrogen) atoms. The van der Waals surface area contributed by atoms with Crippen LogP contribution in [0.25, 0.3) is 0 Å². The van der Waals surface area contributed by atoms with Crippen LogP contribution in [0, 0.1) is 5.92 Å². The second-order valence-corrected chi connectivity index (χ2v) is 5.65. The third kappa shape index (κ3) is 3.88. The minimum atomic E-state index is -4.48. The van der Waals surface area contributed by atoms with Gasteiger partial charge in [-0.15, -0.1) is 0 Å². The van der Waals surface area contributed by atoms with E-state index in [-0.39, 0.29) is 5.56 Å². The monoisotopic (exact) mass is 320 g/mol. The molecular formula is C17H15F3N2O. The minimum absolute atomic E-state index is 0.0679. The first-order valence-electron chi connectivity index (χ1n) is 7.35. The predicted molar refractivity (Wildman–Crippen MR) is 78.5 cm³/mol. The second-order valence-electron chi connectivity index (χ2n) is 5.65. The third-order valence-electron chi connectivity index (χ3n) is 3.72. The summed E-state index contributed by atoms with van der Waals surface area (Å²) in [7, 11) is 0. The summed E-state index contributed by atoms with van der Waals surface area (Å²) >= 11 is 0. The Balaban J connectivity index is 1.92. The molecule has 0 aliphatic heterocycles. The summed E-state index contributed by atoms with van der Waals surface area (Å²) in [5, 5.41) is 0. The van der Waals surface area contributed by atoms with Gasteiger partial charge in [-0.1, -0.05) is 12.1 Å². The van der Waals surface area contributed by atoms with Crippen LogP contribution in [0.5, 0.6) is 0 Å². The fourth-order valence-electron chi connectivity index (χ4n) is 2.30. The van der Waals surface area contributed by atoms with Gasteiger partial charge in [0.05, 0.1) is 5.56 Å². The number of amides is 1. The molecule has 3 nitrogen and oxygen atoms in total. The summed E-state index contributed by atoms with van der Waals surface area (Å²) in [5.41, 5.74) is -0.457. The lowest BCUT2D eigenvalue weighted by molar-refractivity contribution is -0.137. The van der Waals surface area contributed by atoms with Gasteiger partial charge in [0.15, 0.2) is 0 Å². The highest BCUT2D eigenvalue weighted by Crippen LogP contribution is 2.30. The Hall–Kier alpha value is -2.37. The van der Waals surface area contributed by atoms with Crippen LogP contribution in [0.4, 0.5) is 13.2 Å². The fourth-order valence-corrected chi connectivity index (χ4v) is 2.30. The lowest BCUT2D eigenvalue weighted by Gasteiger charge is -2.08. The van der Waals surface area contributed by atoms with Crippen molar-refractivity contribution in [3.8, 4) is 0 Å². The largest absolute Gasteiger partial charge is 0.416 e. The Morgan fingerprint density at radius 2 is 1.96 bits per heavy atom. The highest BCUT2D eigenvalue weighted by Gasteiger charge is 2.30. The van der Waals surface area contributed by atoms with Crippen LogP contribution in [-0.2, 0) is 12.7 Å². The molecule has 0 saturated heterocycles. The molecule has 6 heteroatoms. The molecule has 0 bridgehead atoms. The molecular weight excluding hydrogens is 305 g/mol. The Bertz CT molecular complexity index is 789. The fraction of sp³-hybridized carbons (Fsp3) is 0.294. The van der Waals surface area contributed by atoms with Crippen LogP contribution in [0.1, 0.15) is 28.8 Å². The van der Waals surface area contributed by atoms with E-state index in [1.54, 1.807) is 12.1 Å². The summed E-state index contributed by atoms with van der Waals surface area (Å²) in [6.45, 7) is 0.773. The zero-order valence-corrected chi connectivity index (χ0v) is 12.3. The predicted octanol–water partition coefficient (Wildman–Crippen LogP) is 3.66. The van der Waals surface area contributed by atoms with Gasteiger partial charge in [0.1, 0.15) is 5.49 Å². The molecule has 1 amide bonds. The number of aromatic nitrogens is 1. The second kappa shape index (κ2) is 6.02. The van der Waals surface area contributed by atoms with Crippen LogP contribution in [0.2, 0.25) is 0 Å². The number of benzene rings is 1. The maximum Gasteiger partial charge on any atom is 0.416 e. The van der Waals surface area contributed by atoms with E-state index in [4.69, 9.17) is 0 Å². The number of pyridine rings is 1. The van der Waals surface area contributed by atoms with Gasteiger partial charge in [-0.05, 0) is 49.1 Å². The number of rotatable bonds is 3. The first-order valence-corrected chi connectivity index (χ1v) is 7.35. The highest BCUT2D eigenvalue weighted by molar-refractivity contribution is 5.95. The highest BCUT2D eigenvalue weighted by atomic mass is 19.4. The summed E-state index contributed by atoms with van der Waals surface area (Å²) < 4.78 is 40.0. The topological polar surface area (TPSA) is 34.4 Å². The van der Waals surface area contributed by atoms with E-state index in [1.165, 1.54) is 12.1 Å². The van der Waals surface area contributed by atoms with Gasteiger partial charge in [0.25, 0.3) is 5.91 Å². The lowest BCUT2D eigenvalue weighted by Crippen LogP contribution is -2.22. The van der Waals surface area contributed by atoms with Crippen molar-refractivity contribution >= 4 is 5.91 Å². The number of carbonyl (C=O) groups is 1. The van der Waals surface area contributed by atoms with E-state index in [0.717, 1.165) is 31.5 Å². The standard InChI is InChI=1S/C17H15F3N2O/c18-17(19,20)14-5-3-4-13(10-14)16(23)21-15-6-1-2-9-22(15)11-12-7-8-12/h1-6,9-10,12H,7-8,11H2. The Labute approximate surface area is 131 Å². The number of hydrogen-bond acceptors (Lipinski definition) is 1. The molecule has 0 atom stereocenters. The molecule has 0 radical (unpaired) electrons. The zero-order valence-electron chi connectivity index (χ0n) is 12.3. The first-order chi connectivity index (χ1) is 10.9. The van der Waals surface area contributed by atoms with Crippen LogP contribution in [0.3, 0.4) is 0 Å². The van der Waals surface area contributed by atoms with Gasteiger partial charge in [0, 0.05) is 18.3 Å². The van der Waals surface area contributed by atoms with Gasteiger partial charge in [-0.25, -0.2) is 0 Å². The summed E-state index contributed by atoms with van der Waals surface area (Å²) in [5.74, 6) is -0.0770. The van der Waals surface area contributed by atoms with Gasteiger partial charge >= 0.3 is 6.18 Å². The van der Waals surface area contributed by atoms with Crippen molar-refractivity contribution in [2.24, 2.45) is 10.9 Å². The van der Waals surface area contributed by atoms with E-state index in [2.05, 4.69) is 4.99 Å². The van der Waals surface area contributed by atoms with Crippen LogP contribution in [-0.4, -0.2) is 10.5 Å². The minimum Gasteiger partial charge on any atom is -0.333 e. The number of hydrogen-bond donors (Lipinski definition) is 0. The average molecular weight is 320 g/mol. The molecule has 0 N–H and O–H groups in total. The normalized spacial score (nSPS) is 15.7. The van der Waals surface area contributed by atoms with Crippen molar-refractivity contribution in [1.82, 2.24) is 4.57 Å². The molecule has 1 aliphatic carbocycles. The maximum absolute atomic E-state index is 12.7. The average Bonchev–Trinajstić information content (AvgIpc) is 3.32. The molecule has 0 unspecified atom stereocenters. The Morgan fingerprint density at radius 3 is 2.65 bits per heavy atom. The Kier molecular flexibility index (Phi) is 4.07. The van der Waals surface area contributed by atoms with Gasteiger partial charge in [0.2, 0.25) is 0 Å². The van der Waals surface area contributed by atoms with Gasteiger partial charge in [-0.2, -0.15) is 18.2 Å². The molecule has 1 heterocycles. The van der Waals surface area contributed by atoms with Crippen molar-refractivity contribution < 1.29 is 18.0 Å². The van der Waals surface area contributed by atoms with Crippen molar-refractivity contribution in [2.75, 3.05) is 0 Å². The maximum atomic E-state index is 12.7. The van der Waals surface area contributed by atoms with Crippen LogP contribution < -0.4 is 5.49 Å². The Morgan fingerprint density at radius 1 is 1.17 bits per heavy atom. The molecule has 1 fully saturated rings. The molecule has 0 spiro atoms. The van der Waals surface area contributed by atoms with E-state index < -0.39 is 17.6 Å². The third-order valence-corrected chi connectivity index (χ3v) is 3.72. The number of halogens is 3. The number of carbonyl (C=O) groups excluding carboxylic acids is 1. The quantitative estimate of drug-likeness (QED) is 0.850. The zero-order chi connectivity index (χ0) is 16.4. The molecule has 2 aromatic rings. The number of nitrogens with zero attached hydrogens (tertiary/aromatic N) is 2. The van der Waals surface area contributed by atoms with Crippen LogP contribution >= 0.6 is 0 Å². The van der Waals surface area contributed by atoms with Gasteiger partial charge in [-0.3, -0.25) is 4.79 Å². The van der Waals surface area contributed by atoms with E-state index >= 15 is 0 Å². The molecule has 1 saturated carbocycles. The van der Waals surface area contributed by atoms with Crippen molar-refractivity contribution in [3.63, 3.8) is 0 Å². The number of alkyl halides is 3. The summed E-state index contributed by atoms with van der Waals surface area (Å²) in [6, 6.07) is 9.61. The van der Waals surface area contributed by atoms with E-state index in [1.807, 2.05) is 16.8 Å². The molecule has 3 rings (SSSR count). The first kappa shape index (κ1) is 15.5. The molecule has 1 aromatic heterocycles. The van der Waals surface area contributed by atoms with Crippen molar-refractivity contribution in [2.45, 2.75) is 25.6 Å². The SMILES string of the molecule is O=C(N=c1ccccn1CC1CC1)c1cccc(C(F)(F)F)c1. The van der Waals surface area contributed by atoms with Gasteiger partial charge < -0.3 is 4.57 Å². The summed E-state index contributed by atoms with van der Waals surface area (Å²) in [6.07, 6.45) is -0.336. The molecule has 1 aromatic carbocycles. The smallest absolute Gasteiger partial charge is 0.333 e. The van der Waals surface area contributed by atoms with Crippen molar-refractivity contribution in [3.05, 3.63) is 65.3 Å². The molecule has 120 valence electrons. The van der Waals surface area contributed by atoms with E-state index in [0.29, 0.717) is 11.4 Å². The van der Waals surface area contributed by atoms with E-state index in [9.17, 15) is 18.0 Å². The lowest BCUT2D eigenvalue weighted by atomic mass is 10.1. The summed E-state index contributed by atoms with van der Waals surface area (Å²) in [4.78, 5) is 16.2.